The van der Waals surface area contributed by atoms with E-state index in [1.54, 1.807) is 25.3 Å². The lowest BCUT2D eigenvalue weighted by molar-refractivity contribution is -0.115. The molecule has 2 heterocycles. The maximum absolute atomic E-state index is 12.3. The van der Waals surface area contributed by atoms with Gasteiger partial charge in [0.25, 0.3) is 5.91 Å². The van der Waals surface area contributed by atoms with Crippen molar-refractivity contribution in [2.24, 2.45) is 0 Å². The number of rotatable bonds is 7. The number of para-hydroxylation sites is 2. The van der Waals surface area contributed by atoms with Crippen molar-refractivity contribution in [2.45, 2.75) is 6.42 Å². The SMILES string of the molecule is COc1ccccc1N1CCN(C/C=C/CNC(=O)c2ccc3c(c2)CC(=O)N3)CC1. The monoisotopic (exact) mass is 420 g/mol. The smallest absolute Gasteiger partial charge is 0.251 e. The number of anilines is 2. The molecule has 2 aromatic carbocycles. The second-order valence-electron chi connectivity index (χ2n) is 7.74. The average Bonchev–Trinajstić information content (AvgIpc) is 3.18. The van der Waals surface area contributed by atoms with Crippen LogP contribution < -0.4 is 20.3 Å². The average molecular weight is 421 g/mol. The molecule has 0 bridgehead atoms. The Balaban J connectivity index is 1.19. The Morgan fingerprint density at radius 1 is 1.13 bits per heavy atom. The number of methoxy groups -OCH3 is 1. The van der Waals surface area contributed by atoms with Crippen molar-refractivity contribution in [1.29, 1.82) is 0 Å². The highest BCUT2D eigenvalue weighted by Gasteiger charge is 2.20. The van der Waals surface area contributed by atoms with E-state index in [2.05, 4.69) is 32.6 Å². The van der Waals surface area contributed by atoms with Crippen LogP contribution in [0, 0.1) is 0 Å². The number of nitrogens with one attached hydrogen (secondary N) is 2. The van der Waals surface area contributed by atoms with Crippen molar-refractivity contribution >= 4 is 23.2 Å². The number of carbonyl (C=O) groups is 2. The lowest BCUT2D eigenvalue weighted by atomic mass is 10.1. The van der Waals surface area contributed by atoms with Crippen molar-refractivity contribution in [2.75, 3.05) is 56.6 Å². The molecular formula is C24H28N4O3. The van der Waals surface area contributed by atoms with Crippen LogP contribution >= 0.6 is 0 Å². The fourth-order valence-corrected chi connectivity index (χ4v) is 3.99. The number of piperazine rings is 1. The van der Waals surface area contributed by atoms with Crippen LogP contribution in [0.1, 0.15) is 15.9 Å². The molecule has 2 aliphatic rings. The quantitative estimate of drug-likeness (QED) is 0.673. The standard InChI is InChI=1S/C24H28N4O3/c1-31-22-7-3-2-6-21(22)28-14-12-27(13-15-28)11-5-4-10-25-24(30)18-8-9-20-19(16-18)17-23(29)26-20/h2-9,16H,10-15,17H2,1H3,(H,25,30)(H,26,29)/b5-4+. The predicted octanol–water partition coefficient (Wildman–Crippen LogP) is 2.30. The van der Waals surface area contributed by atoms with E-state index < -0.39 is 0 Å². The van der Waals surface area contributed by atoms with Crippen LogP contribution in [0.4, 0.5) is 11.4 Å². The molecule has 1 fully saturated rings. The van der Waals surface area contributed by atoms with Crippen molar-refractivity contribution < 1.29 is 14.3 Å². The fourth-order valence-electron chi connectivity index (χ4n) is 3.99. The Kier molecular flexibility index (Phi) is 6.52. The largest absolute Gasteiger partial charge is 0.495 e. The third kappa shape index (κ3) is 5.06. The first-order chi connectivity index (χ1) is 15.1. The number of fused-ring (bicyclic) bond motifs is 1. The summed E-state index contributed by atoms with van der Waals surface area (Å²) >= 11 is 0. The van der Waals surface area contributed by atoms with Crippen molar-refractivity contribution in [3.63, 3.8) is 0 Å². The number of amides is 2. The summed E-state index contributed by atoms with van der Waals surface area (Å²) in [5.74, 6) is 0.759. The van der Waals surface area contributed by atoms with E-state index in [1.165, 1.54) is 0 Å². The molecule has 0 spiro atoms. The van der Waals surface area contributed by atoms with Crippen LogP contribution in [0.2, 0.25) is 0 Å². The first kappa shape index (κ1) is 20.9. The van der Waals surface area contributed by atoms with Crippen LogP contribution in [0.15, 0.2) is 54.6 Å². The third-order valence-electron chi connectivity index (χ3n) is 5.70. The topological polar surface area (TPSA) is 73.9 Å². The number of carbonyl (C=O) groups excluding carboxylic acids is 2. The highest BCUT2D eigenvalue weighted by Crippen LogP contribution is 2.28. The van der Waals surface area contributed by atoms with Crippen LogP contribution in [-0.2, 0) is 11.2 Å². The van der Waals surface area contributed by atoms with Gasteiger partial charge in [-0.25, -0.2) is 0 Å². The van der Waals surface area contributed by atoms with Crippen LogP contribution in [0.3, 0.4) is 0 Å². The van der Waals surface area contributed by atoms with Gasteiger partial charge in [-0.2, -0.15) is 0 Å². The summed E-state index contributed by atoms with van der Waals surface area (Å²) in [6.07, 6.45) is 4.42. The maximum Gasteiger partial charge on any atom is 0.251 e. The van der Waals surface area contributed by atoms with Gasteiger partial charge in [0.1, 0.15) is 5.75 Å². The van der Waals surface area contributed by atoms with Gasteiger partial charge in [-0.15, -0.1) is 0 Å². The molecule has 2 aliphatic heterocycles. The van der Waals surface area contributed by atoms with E-state index in [4.69, 9.17) is 4.74 Å². The first-order valence-corrected chi connectivity index (χ1v) is 10.6. The molecule has 2 amide bonds. The van der Waals surface area contributed by atoms with E-state index in [-0.39, 0.29) is 11.8 Å². The molecule has 4 rings (SSSR count). The number of hydrogen-bond acceptors (Lipinski definition) is 5. The van der Waals surface area contributed by atoms with E-state index in [0.29, 0.717) is 18.5 Å². The van der Waals surface area contributed by atoms with E-state index in [0.717, 1.165) is 55.4 Å². The molecule has 2 aromatic rings. The summed E-state index contributed by atoms with van der Waals surface area (Å²) in [4.78, 5) is 28.5. The van der Waals surface area contributed by atoms with Crippen molar-refractivity contribution in [1.82, 2.24) is 10.2 Å². The van der Waals surface area contributed by atoms with Crippen molar-refractivity contribution in [3.05, 3.63) is 65.7 Å². The molecule has 31 heavy (non-hydrogen) atoms. The molecule has 0 radical (unpaired) electrons. The lowest BCUT2D eigenvalue weighted by Gasteiger charge is -2.36. The first-order valence-electron chi connectivity index (χ1n) is 10.6. The van der Waals surface area contributed by atoms with Gasteiger partial charge in [0.15, 0.2) is 0 Å². The van der Waals surface area contributed by atoms with Crippen molar-refractivity contribution in [3.8, 4) is 5.75 Å². The number of nitrogens with zero attached hydrogens (tertiary/aromatic N) is 2. The number of ether oxygens (including phenoxy) is 1. The minimum atomic E-state index is -0.128. The van der Waals surface area contributed by atoms with Gasteiger partial charge in [-0.1, -0.05) is 24.3 Å². The zero-order valence-electron chi connectivity index (χ0n) is 17.8. The van der Waals surface area contributed by atoms with Gasteiger partial charge in [0.05, 0.1) is 19.2 Å². The predicted molar refractivity (Wildman–Crippen MR) is 122 cm³/mol. The summed E-state index contributed by atoms with van der Waals surface area (Å²) in [6, 6.07) is 13.4. The molecule has 0 unspecified atom stereocenters. The Labute approximate surface area is 182 Å². The molecule has 7 heteroatoms. The van der Waals surface area contributed by atoms with E-state index in [1.807, 2.05) is 24.3 Å². The Hall–Kier alpha value is -3.32. The van der Waals surface area contributed by atoms with Crippen LogP contribution in [0.5, 0.6) is 5.75 Å². The summed E-state index contributed by atoms with van der Waals surface area (Å²) in [7, 11) is 1.71. The molecular weight excluding hydrogens is 392 g/mol. The van der Waals surface area contributed by atoms with Gasteiger partial charge in [-0.05, 0) is 35.9 Å². The Bertz CT molecular complexity index is 981. The van der Waals surface area contributed by atoms with Gasteiger partial charge in [0, 0.05) is 50.5 Å². The minimum absolute atomic E-state index is 0.0285. The molecule has 0 saturated carbocycles. The number of hydrogen-bond donors (Lipinski definition) is 2. The van der Waals surface area contributed by atoms with E-state index >= 15 is 0 Å². The zero-order chi connectivity index (χ0) is 21.6. The van der Waals surface area contributed by atoms with Crippen LogP contribution in [0.25, 0.3) is 0 Å². The summed E-state index contributed by atoms with van der Waals surface area (Å²) in [5.41, 5.74) is 3.40. The van der Waals surface area contributed by atoms with Gasteiger partial charge in [-0.3, -0.25) is 14.5 Å². The molecule has 162 valence electrons. The van der Waals surface area contributed by atoms with Gasteiger partial charge in [0.2, 0.25) is 5.91 Å². The molecule has 0 aromatic heterocycles. The second-order valence-corrected chi connectivity index (χ2v) is 7.74. The molecule has 0 aliphatic carbocycles. The molecule has 2 N–H and O–H groups in total. The third-order valence-corrected chi connectivity index (χ3v) is 5.70. The minimum Gasteiger partial charge on any atom is -0.495 e. The molecule has 1 saturated heterocycles. The molecule has 0 atom stereocenters. The lowest BCUT2D eigenvalue weighted by Crippen LogP contribution is -2.46. The highest BCUT2D eigenvalue weighted by atomic mass is 16.5. The summed E-state index contributed by atoms with van der Waals surface area (Å²) in [5, 5.41) is 5.69. The summed E-state index contributed by atoms with van der Waals surface area (Å²) in [6.45, 7) is 5.23. The van der Waals surface area contributed by atoms with Gasteiger partial charge >= 0.3 is 0 Å². The fraction of sp³-hybridized carbons (Fsp3) is 0.333. The van der Waals surface area contributed by atoms with Gasteiger partial charge < -0.3 is 20.3 Å². The summed E-state index contributed by atoms with van der Waals surface area (Å²) < 4.78 is 5.48. The maximum atomic E-state index is 12.3. The second kappa shape index (κ2) is 9.66. The van der Waals surface area contributed by atoms with E-state index in [9.17, 15) is 9.59 Å². The highest BCUT2D eigenvalue weighted by molar-refractivity contribution is 6.01. The normalized spacial score (nSPS) is 16.3. The Morgan fingerprint density at radius 3 is 2.74 bits per heavy atom. The Morgan fingerprint density at radius 2 is 1.94 bits per heavy atom. The zero-order valence-corrected chi connectivity index (χ0v) is 17.8. The van der Waals surface area contributed by atoms with Crippen LogP contribution in [-0.4, -0.2) is 63.1 Å². The molecule has 7 nitrogen and oxygen atoms in total. The number of benzene rings is 2.